The summed E-state index contributed by atoms with van der Waals surface area (Å²) in [6, 6.07) is 15.7. The number of aromatic carboxylic acids is 1. The number of primary amides is 1. The first kappa shape index (κ1) is 33.0. The van der Waals surface area contributed by atoms with Gasteiger partial charge in [0.2, 0.25) is 11.8 Å². The number of aryl methyl sites for hydroxylation is 2. The maximum atomic E-state index is 14.0. The lowest BCUT2D eigenvalue weighted by atomic mass is 9.93. The number of halogens is 1. The van der Waals surface area contributed by atoms with E-state index in [2.05, 4.69) is 5.32 Å². The topological polar surface area (TPSA) is 151 Å². The molecule has 0 saturated carbocycles. The first-order valence-corrected chi connectivity index (χ1v) is 14.2. The molecule has 0 radical (unpaired) electrons. The molecule has 10 heteroatoms. The van der Waals surface area contributed by atoms with Gasteiger partial charge in [-0.1, -0.05) is 35.9 Å². The normalized spacial score (nSPS) is 13.3. The molecule has 0 saturated heterocycles. The van der Waals surface area contributed by atoms with E-state index in [4.69, 9.17) is 28.1 Å². The number of hydrogen-bond acceptors (Lipinski definition) is 6. The van der Waals surface area contributed by atoms with E-state index in [0.717, 1.165) is 28.0 Å². The lowest BCUT2D eigenvalue weighted by molar-refractivity contribution is -0.134. The van der Waals surface area contributed by atoms with E-state index >= 15 is 0 Å². The maximum Gasteiger partial charge on any atom is 0.335 e. The molecular weight excluding hydrogens is 566 g/mol. The average molecular weight is 604 g/mol. The summed E-state index contributed by atoms with van der Waals surface area (Å²) in [4.78, 5) is 43.6. The van der Waals surface area contributed by atoms with Crippen LogP contribution < -0.4 is 16.8 Å². The Hall–Kier alpha value is -4.47. The van der Waals surface area contributed by atoms with E-state index in [0.29, 0.717) is 21.8 Å². The molecule has 0 unspecified atom stereocenters. The fourth-order valence-corrected chi connectivity index (χ4v) is 4.90. The zero-order valence-electron chi connectivity index (χ0n) is 25.0. The second-order valence-corrected chi connectivity index (χ2v) is 10.9. The highest BCUT2D eigenvalue weighted by Crippen LogP contribution is 2.23. The third kappa shape index (κ3) is 8.53. The molecule has 0 bridgehead atoms. The Labute approximate surface area is 257 Å². The Morgan fingerprint density at radius 3 is 2.21 bits per heavy atom. The van der Waals surface area contributed by atoms with Crippen LogP contribution in [0.5, 0.6) is 0 Å². The second-order valence-electron chi connectivity index (χ2n) is 10.5. The predicted molar refractivity (Wildman–Crippen MR) is 171 cm³/mol. The summed E-state index contributed by atoms with van der Waals surface area (Å²) in [5, 5.41) is 13.2. The van der Waals surface area contributed by atoms with Crippen LogP contribution in [-0.4, -0.2) is 53.1 Å². The summed E-state index contributed by atoms with van der Waals surface area (Å²) >= 11 is 6.09. The zero-order chi connectivity index (χ0) is 31.8. The van der Waals surface area contributed by atoms with Crippen LogP contribution in [0.4, 0.5) is 0 Å². The van der Waals surface area contributed by atoms with Gasteiger partial charge in [-0.15, -0.1) is 0 Å². The molecule has 0 aromatic heterocycles. The van der Waals surface area contributed by atoms with Crippen LogP contribution in [0.3, 0.4) is 0 Å². The molecule has 9 nitrogen and oxygen atoms in total. The Bertz CT molecular complexity index is 1540. The highest BCUT2D eigenvalue weighted by Gasteiger charge is 2.27. The summed E-state index contributed by atoms with van der Waals surface area (Å²) in [6.45, 7) is 7.55. The van der Waals surface area contributed by atoms with Gasteiger partial charge in [0, 0.05) is 41.7 Å². The monoisotopic (exact) mass is 603 g/mol. The lowest BCUT2D eigenvalue weighted by Crippen LogP contribution is -2.49. The van der Waals surface area contributed by atoms with Crippen molar-refractivity contribution < 1.29 is 19.5 Å². The number of carbonyl (C=O) groups is 3. The van der Waals surface area contributed by atoms with Gasteiger partial charge in [0.15, 0.2) is 0 Å². The van der Waals surface area contributed by atoms with E-state index in [1.165, 1.54) is 6.07 Å². The van der Waals surface area contributed by atoms with Crippen molar-refractivity contribution in [1.82, 2.24) is 10.2 Å². The Morgan fingerprint density at radius 2 is 1.65 bits per heavy atom. The molecule has 3 aromatic carbocycles. The number of carboxylic acids is 1. The molecule has 0 fully saturated rings. The fraction of sp³-hybridized carbons (Fsp3) is 0.273. The quantitative estimate of drug-likeness (QED) is 0.220. The first-order valence-electron chi connectivity index (χ1n) is 13.8. The average Bonchev–Trinajstić information content (AvgIpc) is 2.97. The van der Waals surface area contributed by atoms with Gasteiger partial charge in [-0.05, 0) is 92.8 Å². The van der Waals surface area contributed by atoms with Crippen molar-refractivity contribution >= 4 is 41.3 Å². The van der Waals surface area contributed by atoms with Gasteiger partial charge < -0.3 is 26.8 Å². The third-order valence-corrected chi connectivity index (χ3v) is 7.54. The molecule has 0 aliphatic carbocycles. The Kier molecular flexibility index (Phi) is 11.2. The van der Waals surface area contributed by atoms with Crippen LogP contribution in [0.25, 0.3) is 5.70 Å². The number of rotatable bonds is 12. The van der Waals surface area contributed by atoms with E-state index in [1.54, 1.807) is 60.6 Å². The molecule has 0 heterocycles. The Morgan fingerprint density at radius 1 is 1.02 bits per heavy atom. The lowest BCUT2D eigenvalue weighted by Gasteiger charge is -2.30. The van der Waals surface area contributed by atoms with Gasteiger partial charge in [0.1, 0.15) is 0 Å². The van der Waals surface area contributed by atoms with Gasteiger partial charge in [-0.25, -0.2) is 4.79 Å². The van der Waals surface area contributed by atoms with Crippen molar-refractivity contribution in [1.29, 1.82) is 0 Å². The predicted octanol–water partition coefficient (Wildman–Crippen LogP) is 4.72. The van der Waals surface area contributed by atoms with Crippen molar-refractivity contribution in [3.05, 3.63) is 110 Å². The van der Waals surface area contributed by atoms with Crippen molar-refractivity contribution in [2.75, 3.05) is 7.05 Å². The molecule has 6 N–H and O–H groups in total. The van der Waals surface area contributed by atoms with Crippen LogP contribution in [0.1, 0.15) is 62.4 Å². The first-order chi connectivity index (χ1) is 20.3. The Balaban J connectivity index is 1.98. The van der Waals surface area contributed by atoms with Crippen LogP contribution in [-0.2, 0) is 17.8 Å². The van der Waals surface area contributed by atoms with Gasteiger partial charge in [-0.3, -0.25) is 14.6 Å². The van der Waals surface area contributed by atoms with Crippen molar-refractivity contribution in [3.8, 4) is 0 Å². The van der Waals surface area contributed by atoms with Crippen molar-refractivity contribution in [3.63, 3.8) is 0 Å². The number of carboxylic acid groups (broad SMARTS) is 1. The van der Waals surface area contributed by atoms with Gasteiger partial charge in [0.25, 0.3) is 0 Å². The minimum absolute atomic E-state index is 0.115. The minimum atomic E-state index is -1.06. The summed E-state index contributed by atoms with van der Waals surface area (Å²) in [6.07, 6.45) is 1.91. The summed E-state index contributed by atoms with van der Waals surface area (Å²) in [5.74, 6) is -1.92. The van der Waals surface area contributed by atoms with E-state index < -0.39 is 24.0 Å². The van der Waals surface area contributed by atoms with Gasteiger partial charge >= 0.3 is 5.97 Å². The molecule has 0 aliphatic rings. The number of amides is 2. The molecule has 226 valence electrons. The van der Waals surface area contributed by atoms with Crippen LogP contribution in [0.15, 0.2) is 71.4 Å². The van der Waals surface area contributed by atoms with E-state index in [1.807, 2.05) is 39.8 Å². The molecule has 3 rings (SSSR count). The number of benzene rings is 3. The van der Waals surface area contributed by atoms with Crippen molar-refractivity contribution in [2.45, 2.75) is 52.7 Å². The van der Waals surface area contributed by atoms with Crippen LogP contribution >= 0.6 is 11.6 Å². The van der Waals surface area contributed by atoms with E-state index in [9.17, 15) is 19.5 Å². The number of nitrogens with zero attached hydrogens (tertiary/aromatic N) is 2. The second kappa shape index (κ2) is 14.6. The van der Waals surface area contributed by atoms with Gasteiger partial charge in [0.05, 0.1) is 23.3 Å². The summed E-state index contributed by atoms with van der Waals surface area (Å²) in [7, 11) is 1.80. The largest absolute Gasteiger partial charge is 0.478 e. The van der Waals surface area contributed by atoms with E-state index in [-0.39, 0.29) is 24.4 Å². The SMILES string of the molecule is CN/C(C)=C(\N=C\[C@H](C)N(Cc1cccc(C(=O)O)c1)C(=O)[C@@H](N)Cc1c(C)cc(C(N)=O)cc1C)c1ccc(Cl)cc1. The van der Waals surface area contributed by atoms with Gasteiger partial charge in [-0.2, -0.15) is 0 Å². The zero-order valence-corrected chi connectivity index (χ0v) is 25.8. The molecule has 0 aliphatic heterocycles. The molecule has 2 atom stereocenters. The number of nitrogens with two attached hydrogens (primary N) is 2. The third-order valence-electron chi connectivity index (χ3n) is 7.29. The smallest absolute Gasteiger partial charge is 0.335 e. The fourth-order valence-electron chi connectivity index (χ4n) is 4.78. The molecule has 3 aromatic rings. The number of aliphatic imine (C=N–C) groups is 1. The molecule has 0 spiro atoms. The van der Waals surface area contributed by atoms with Crippen LogP contribution in [0, 0.1) is 13.8 Å². The summed E-state index contributed by atoms with van der Waals surface area (Å²) in [5.41, 5.74) is 18.0. The molecule has 2 amide bonds. The highest BCUT2D eigenvalue weighted by molar-refractivity contribution is 6.30. The molecular formula is C33H38ClN5O4. The maximum absolute atomic E-state index is 14.0. The number of allylic oxidation sites excluding steroid dienone is 1. The molecule has 43 heavy (non-hydrogen) atoms. The van der Waals surface area contributed by atoms with Crippen molar-refractivity contribution in [2.24, 2.45) is 16.5 Å². The minimum Gasteiger partial charge on any atom is -0.478 e. The number of carbonyl (C=O) groups excluding carboxylic acids is 2. The number of nitrogens with one attached hydrogen (secondary N) is 1. The standard InChI is InChI=1S/C33H38ClN5O4/c1-19-13-26(31(36)40)14-20(2)28(19)16-29(35)32(41)39(18-23-7-6-8-25(15-23)33(42)43)21(3)17-38-30(22(4)37-5)24-9-11-27(34)12-10-24/h6-15,17,21,29,37H,16,18,35H2,1-5H3,(H2,36,40)(H,42,43)/b30-22-,38-17+/t21-,29-/m0/s1. The van der Waals surface area contributed by atoms with Crippen LogP contribution in [0.2, 0.25) is 5.02 Å². The summed E-state index contributed by atoms with van der Waals surface area (Å²) < 4.78 is 0. The highest BCUT2D eigenvalue weighted by atomic mass is 35.5. The number of hydrogen-bond donors (Lipinski definition) is 4.